The number of nitrogens with zero attached hydrogens (tertiary/aromatic N) is 1. The minimum atomic E-state index is -0.275. The highest BCUT2D eigenvalue weighted by atomic mass is 16.5. The topological polar surface area (TPSA) is 51.8 Å². The van der Waals surface area contributed by atoms with Gasteiger partial charge in [0.2, 0.25) is 6.08 Å². The highest BCUT2D eigenvalue weighted by molar-refractivity contribution is 5.34. The Hall–Kier alpha value is -1.38. The van der Waals surface area contributed by atoms with Crippen molar-refractivity contribution in [2.24, 2.45) is 4.99 Å². The molecule has 0 saturated heterocycles. The van der Waals surface area contributed by atoms with Crippen LogP contribution in [-0.2, 0) is 16.1 Å². The molecule has 0 amide bonds. The van der Waals surface area contributed by atoms with Gasteiger partial charge < -0.3 is 9.15 Å². The molecule has 0 bridgehead atoms. The van der Waals surface area contributed by atoms with E-state index in [1.165, 1.54) is 6.08 Å². The van der Waals surface area contributed by atoms with Crippen LogP contribution in [0, 0.1) is 0 Å². The summed E-state index contributed by atoms with van der Waals surface area (Å²) in [6.45, 7) is 2.19. The van der Waals surface area contributed by atoms with Crippen LogP contribution in [0.5, 0.6) is 0 Å². The summed E-state index contributed by atoms with van der Waals surface area (Å²) in [6.07, 6.45) is 1.49. The molecule has 1 unspecified atom stereocenters. The molecule has 0 fully saturated rings. The van der Waals surface area contributed by atoms with Crippen molar-refractivity contribution in [1.29, 1.82) is 0 Å². The molecule has 70 valence electrons. The van der Waals surface area contributed by atoms with E-state index < -0.39 is 0 Å². The second kappa shape index (κ2) is 4.60. The first-order valence-corrected chi connectivity index (χ1v) is 3.92. The van der Waals surface area contributed by atoms with Crippen LogP contribution in [0.4, 0.5) is 0 Å². The zero-order valence-corrected chi connectivity index (χ0v) is 7.61. The minimum absolute atomic E-state index is 0.275. The van der Waals surface area contributed by atoms with Crippen LogP contribution in [-0.4, -0.2) is 13.2 Å². The van der Waals surface area contributed by atoms with E-state index in [-0.39, 0.29) is 6.04 Å². The van der Waals surface area contributed by atoms with Gasteiger partial charge in [-0.1, -0.05) is 0 Å². The Bertz CT molecular complexity index is 312. The van der Waals surface area contributed by atoms with Crippen LogP contribution in [0.2, 0.25) is 0 Å². The van der Waals surface area contributed by atoms with Gasteiger partial charge in [0.15, 0.2) is 0 Å². The third-order valence-electron chi connectivity index (χ3n) is 1.63. The first kappa shape index (κ1) is 9.71. The van der Waals surface area contributed by atoms with Crippen molar-refractivity contribution in [3.8, 4) is 0 Å². The lowest BCUT2D eigenvalue weighted by molar-refractivity contribution is 0.162. The predicted molar refractivity (Wildman–Crippen MR) is 46.0 cm³/mol. The van der Waals surface area contributed by atoms with Crippen LogP contribution in [0.1, 0.15) is 24.5 Å². The highest BCUT2D eigenvalue weighted by Crippen LogP contribution is 2.19. The number of isocyanates is 1. The fourth-order valence-electron chi connectivity index (χ4n) is 0.982. The standard InChI is InChI=1S/C9H11NO3/c1-7(10-6-11)9-4-3-8(13-9)5-12-2/h3-4,7H,5H2,1-2H3. The lowest BCUT2D eigenvalue weighted by Crippen LogP contribution is -1.86. The minimum Gasteiger partial charge on any atom is -0.461 e. The van der Waals surface area contributed by atoms with Crippen LogP contribution < -0.4 is 0 Å². The van der Waals surface area contributed by atoms with E-state index in [1.807, 2.05) is 0 Å². The van der Waals surface area contributed by atoms with Gasteiger partial charge in [0.25, 0.3) is 0 Å². The molecule has 0 aromatic carbocycles. The monoisotopic (exact) mass is 181 g/mol. The summed E-state index contributed by atoms with van der Waals surface area (Å²) in [6, 6.07) is 3.30. The van der Waals surface area contributed by atoms with Crippen LogP contribution in [0.15, 0.2) is 21.5 Å². The highest BCUT2D eigenvalue weighted by Gasteiger charge is 2.08. The van der Waals surface area contributed by atoms with E-state index >= 15 is 0 Å². The van der Waals surface area contributed by atoms with Gasteiger partial charge in [0, 0.05) is 7.11 Å². The molecule has 4 nitrogen and oxygen atoms in total. The second-order valence-corrected chi connectivity index (χ2v) is 2.63. The van der Waals surface area contributed by atoms with E-state index in [1.54, 1.807) is 26.2 Å². The number of hydrogen-bond donors (Lipinski definition) is 0. The molecule has 0 N–H and O–H groups in total. The van der Waals surface area contributed by atoms with Crippen molar-refractivity contribution in [2.45, 2.75) is 19.6 Å². The van der Waals surface area contributed by atoms with Crippen LogP contribution >= 0.6 is 0 Å². The summed E-state index contributed by atoms with van der Waals surface area (Å²) in [7, 11) is 1.59. The first-order chi connectivity index (χ1) is 6.27. The van der Waals surface area contributed by atoms with Gasteiger partial charge in [0.05, 0.1) is 0 Å². The summed E-state index contributed by atoms with van der Waals surface area (Å²) in [5.41, 5.74) is 0. The van der Waals surface area contributed by atoms with Crippen molar-refractivity contribution in [3.63, 3.8) is 0 Å². The van der Waals surface area contributed by atoms with Gasteiger partial charge in [-0.15, -0.1) is 0 Å². The fourth-order valence-corrected chi connectivity index (χ4v) is 0.982. The summed E-state index contributed by atoms with van der Waals surface area (Å²) < 4.78 is 10.2. The number of rotatable bonds is 4. The molecule has 0 radical (unpaired) electrons. The third-order valence-corrected chi connectivity index (χ3v) is 1.63. The molecule has 0 aliphatic heterocycles. The van der Waals surface area contributed by atoms with E-state index in [9.17, 15) is 4.79 Å². The molecule has 13 heavy (non-hydrogen) atoms. The summed E-state index contributed by atoms with van der Waals surface area (Å²) in [5.74, 6) is 1.38. The number of hydrogen-bond acceptors (Lipinski definition) is 4. The van der Waals surface area contributed by atoms with Crippen molar-refractivity contribution in [2.75, 3.05) is 7.11 Å². The maximum atomic E-state index is 9.96. The number of carbonyl (C=O) groups excluding carboxylic acids is 1. The van der Waals surface area contributed by atoms with E-state index in [0.29, 0.717) is 12.4 Å². The molecular weight excluding hydrogens is 170 g/mol. The molecule has 0 spiro atoms. The molecule has 4 heteroatoms. The fraction of sp³-hybridized carbons (Fsp3) is 0.444. The molecular formula is C9H11NO3. The first-order valence-electron chi connectivity index (χ1n) is 3.92. The molecule has 1 aromatic rings. The van der Waals surface area contributed by atoms with Gasteiger partial charge in [0.1, 0.15) is 24.2 Å². The lowest BCUT2D eigenvalue weighted by Gasteiger charge is -1.98. The molecule has 0 saturated carbocycles. The predicted octanol–water partition coefficient (Wildman–Crippen LogP) is 1.82. The van der Waals surface area contributed by atoms with Crippen LogP contribution in [0.3, 0.4) is 0 Å². The quantitative estimate of drug-likeness (QED) is 0.526. The van der Waals surface area contributed by atoms with Gasteiger partial charge >= 0.3 is 0 Å². The maximum absolute atomic E-state index is 9.96. The summed E-state index contributed by atoms with van der Waals surface area (Å²) in [5, 5.41) is 0. The molecule has 1 aromatic heterocycles. The normalized spacial score (nSPS) is 12.2. The van der Waals surface area contributed by atoms with E-state index in [4.69, 9.17) is 9.15 Å². The Morgan fingerprint density at radius 3 is 3.08 bits per heavy atom. The van der Waals surface area contributed by atoms with E-state index in [0.717, 1.165) is 5.76 Å². The second-order valence-electron chi connectivity index (χ2n) is 2.63. The van der Waals surface area contributed by atoms with Crippen LogP contribution in [0.25, 0.3) is 0 Å². The Kier molecular flexibility index (Phi) is 3.43. The number of methoxy groups -OCH3 is 1. The largest absolute Gasteiger partial charge is 0.461 e. The Morgan fingerprint density at radius 2 is 2.46 bits per heavy atom. The Morgan fingerprint density at radius 1 is 1.69 bits per heavy atom. The zero-order valence-electron chi connectivity index (χ0n) is 7.61. The van der Waals surface area contributed by atoms with Crippen molar-refractivity contribution in [3.05, 3.63) is 23.7 Å². The number of ether oxygens (including phenoxy) is 1. The average molecular weight is 181 g/mol. The number of aliphatic imine (C=N–C) groups is 1. The van der Waals surface area contributed by atoms with Gasteiger partial charge in [-0.2, -0.15) is 4.99 Å². The van der Waals surface area contributed by atoms with Gasteiger partial charge in [-0.05, 0) is 19.1 Å². The van der Waals surface area contributed by atoms with Crippen molar-refractivity contribution >= 4 is 6.08 Å². The maximum Gasteiger partial charge on any atom is 0.235 e. The van der Waals surface area contributed by atoms with Gasteiger partial charge in [-0.3, -0.25) is 0 Å². The molecule has 0 aliphatic carbocycles. The zero-order chi connectivity index (χ0) is 9.68. The third kappa shape index (κ3) is 2.54. The average Bonchev–Trinajstić information content (AvgIpc) is 2.54. The molecule has 1 rings (SSSR count). The van der Waals surface area contributed by atoms with E-state index in [2.05, 4.69) is 4.99 Å². The molecule has 0 aliphatic rings. The Labute approximate surface area is 76.2 Å². The molecule has 1 heterocycles. The smallest absolute Gasteiger partial charge is 0.235 e. The van der Waals surface area contributed by atoms with Crippen molar-refractivity contribution < 1.29 is 13.9 Å². The number of furan rings is 1. The lowest BCUT2D eigenvalue weighted by atomic mass is 10.3. The Balaban J connectivity index is 2.72. The summed E-state index contributed by atoms with van der Waals surface area (Å²) in [4.78, 5) is 13.5. The van der Waals surface area contributed by atoms with Crippen molar-refractivity contribution in [1.82, 2.24) is 0 Å². The van der Waals surface area contributed by atoms with Gasteiger partial charge in [-0.25, -0.2) is 4.79 Å². The SMILES string of the molecule is COCc1ccc(C(C)N=C=O)o1. The summed E-state index contributed by atoms with van der Waals surface area (Å²) >= 11 is 0. The molecule has 1 atom stereocenters.